The monoisotopic (exact) mass is 497 g/mol. The van der Waals surface area contributed by atoms with Crippen molar-refractivity contribution in [3.8, 4) is 11.3 Å². The minimum Gasteiger partial charge on any atom is -0.481 e. The molecule has 6 nitrogen and oxygen atoms in total. The Balaban J connectivity index is 1.42. The van der Waals surface area contributed by atoms with Gasteiger partial charge >= 0.3 is 5.97 Å². The summed E-state index contributed by atoms with van der Waals surface area (Å²) in [6, 6.07) is 23.6. The van der Waals surface area contributed by atoms with Gasteiger partial charge in [0.1, 0.15) is 0 Å². The molecule has 1 aromatic heterocycles. The Labute approximate surface area is 214 Å². The van der Waals surface area contributed by atoms with Crippen LogP contribution in [0.2, 0.25) is 0 Å². The molecule has 3 aromatic carbocycles. The van der Waals surface area contributed by atoms with Crippen LogP contribution in [-0.4, -0.2) is 32.7 Å². The number of hydrogen-bond acceptors (Lipinski definition) is 5. The smallest absolute Gasteiger partial charge is 0.303 e. The molecule has 1 aliphatic rings. The molecule has 0 saturated carbocycles. The van der Waals surface area contributed by atoms with Crippen molar-refractivity contribution in [1.29, 1.82) is 0 Å². The number of unbranched alkanes of at least 4 members (excludes halogenated alkanes) is 1. The fourth-order valence-electron chi connectivity index (χ4n) is 4.54. The third-order valence-corrected chi connectivity index (χ3v) is 7.49. The lowest BCUT2D eigenvalue weighted by atomic mass is 10.0. The summed E-state index contributed by atoms with van der Waals surface area (Å²) in [6.07, 6.45) is 2.92. The standard InChI is InChI=1S/C29H27N3O3S/c33-27(34)13-7-5-11-24-28(19-8-2-1-3-9-19)31-23-15-14-20(18-25(23)30-24)29(35)32-22-16-17-36-26-12-6-4-10-21(22)26/h1-4,6,8-10,12,14-15,18,22H,5,7,11,13,16-17H2,(H,32,35)(H,33,34). The molecule has 0 bridgehead atoms. The van der Waals surface area contributed by atoms with Crippen LogP contribution in [-0.2, 0) is 11.2 Å². The van der Waals surface area contributed by atoms with E-state index in [9.17, 15) is 9.59 Å². The molecule has 1 amide bonds. The van der Waals surface area contributed by atoms with E-state index < -0.39 is 5.97 Å². The minimum atomic E-state index is -0.794. The van der Waals surface area contributed by atoms with E-state index in [0.29, 0.717) is 30.3 Å². The minimum absolute atomic E-state index is 0.0121. The van der Waals surface area contributed by atoms with Crippen molar-refractivity contribution in [3.63, 3.8) is 0 Å². The molecule has 1 aliphatic heterocycles. The van der Waals surface area contributed by atoms with Gasteiger partial charge < -0.3 is 10.4 Å². The molecule has 7 heteroatoms. The van der Waals surface area contributed by atoms with Crippen LogP contribution >= 0.6 is 11.8 Å². The van der Waals surface area contributed by atoms with E-state index in [-0.39, 0.29) is 18.4 Å². The summed E-state index contributed by atoms with van der Waals surface area (Å²) < 4.78 is 0. The first-order valence-corrected chi connectivity index (χ1v) is 13.2. The van der Waals surface area contributed by atoms with Gasteiger partial charge in [0.25, 0.3) is 5.91 Å². The van der Waals surface area contributed by atoms with Crippen LogP contribution in [0.15, 0.2) is 77.7 Å². The number of aromatic nitrogens is 2. The number of hydrogen-bond donors (Lipinski definition) is 2. The van der Waals surface area contributed by atoms with Crippen molar-refractivity contribution in [2.75, 3.05) is 5.75 Å². The number of carbonyl (C=O) groups excluding carboxylic acids is 1. The highest BCUT2D eigenvalue weighted by Crippen LogP contribution is 2.36. The highest BCUT2D eigenvalue weighted by Gasteiger charge is 2.23. The fraction of sp³-hybridized carbons (Fsp3) is 0.241. The van der Waals surface area contributed by atoms with E-state index in [1.54, 1.807) is 12.1 Å². The maximum Gasteiger partial charge on any atom is 0.303 e. The van der Waals surface area contributed by atoms with Gasteiger partial charge in [0.2, 0.25) is 0 Å². The van der Waals surface area contributed by atoms with Gasteiger partial charge in [-0.2, -0.15) is 0 Å². The van der Waals surface area contributed by atoms with Gasteiger partial charge in [-0.3, -0.25) is 9.59 Å². The third-order valence-electron chi connectivity index (χ3n) is 6.36. The van der Waals surface area contributed by atoms with Crippen LogP contribution in [0, 0.1) is 0 Å². The molecule has 0 fully saturated rings. The maximum absolute atomic E-state index is 13.2. The Morgan fingerprint density at radius 2 is 1.75 bits per heavy atom. The van der Waals surface area contributed by atoms with Crippen LogP contribution in [0.1, 0.15) is 53.3 Å². The van der Waals surface area contributed by atoms with Gasteiger partial charge in [0.05, 0.1) is 28.5 Å². The van der Waals surface area contributed by atoms with E-state index in [4.69, 9.17) is 15.1 Å². The number of thioether (sulfide) groups is 1. The largest absolute Gasteiger partial charge is 0.481 e. The highest BCUT2D eigenvalue weighted by molar-refractivity contribution is 7.99. The number of aryl methyl sites for hydroxylation is 1. The van der Waals surface area contributed by atoms with Crippen molar-refractivity contribution < 1.29 is 14.7 Å². The van der Waals surface area contributed by atoms with Crippen molar-refractivity contribution in [3.05, 3.63) is 89.6 Å². The first kappa shape index (κ1) is 24.0. The molecule has 0 radical (unpaired) electrons. The first-order valence-electron chi connectivity index (χ1n) is 12.2. The molecular weight excluding hydrogens is 470 g/mol. The molecule has 5 rings (SSSR count). The number of benzene rings is 3. The van der Waals surface area contributed by atoms with Crippen molar-refractivity contribution in [2.24, 2.45) is 0 Å². The van der Waals surface area contributed by atoms with Crippen LogP contribution < -0.4 is 5.32 Å². The lowest BCUT2D eigenvalue weighted by molar-refractivity contribution is -0.137. The number of rotatable bonds is 8. The molecule has 1 atom stereocenters. The van der Waals surface area contributed by atoms with E-state index in [2.05, 4.69) is 17.4 Å². The first-order chi connectivity index (χ1) is 17.6. The highest BCUT2D eigenvalue weighted by atomic mass is 32.2. The lowest BCUT2D eigenvalue weighted by Crippen LogP contribution is -2.30. The number of nitrogens with zero attached hydrogens (tertiary/aromatic N) is 2. The number of carbonyl (C=O) groups is 2. The van der Waals surface area contributed by atoms with Crippen LogP contribution in [0.3, 0.4) is 0 Å². The van der Waals surface area contributed by atoms with Crippen molar-refractivity contribution >= 4 is 34.7 Å². The number of amides is 1. The number of nitrogens with one attached hydrogen (secondary N) is 1. The average molecular weight is 498 g/mol. The number of carboxylic acid groups (broad SMARTS) is 1. The maximum atomic E-state index is 13.2. The molecule has 0 aliphatic carbocycles. The Bertz CT molecular complexity index is 1410. The van der Waals surface area contributed by atoms with Crippen LogP contribution in [0.4, 0.5) is 0 Å². The number of fused-ring (bicyclic) bond motifs is 2. The Morgan fingerprint density at radius 3 is 2.58 bits per heavy atom. The molecule has 4 aromatic rings. The molecular formula is C29H27N3O3S. The van der Waals surface area contributed by atoms with Gasteiger partial charge in [-0.05, 0) is 55.5 Å². The number of aliphatic carboxylic acids is 1. The second-order valence-electron chi connectivity index (χ2n) is 8.89. The second kappa shape index (κ2) is 10.9. The average Bonchev–Trinajstić information content (AvgIpc) is 2.91. The fourth-order valence-corrected chi connectivity index (χ4v) is 5.66. The zero-order valence-corrected chi connectivity index (χ0v) is 20.6. The van der Waals surface area contributed by atoms with Gasteiger partial charge in [0, 0.05) is 28.2 Å². The summed E-state index contributed by atoms with van der Waals surface area (Å²) in [7, 11) is 0. The summed E-state index contributed by atoms with van der Waals surface area (Å²) in [5, 5.41) is 12.2. The molecule has 0 spiro atoms. The van der Waals surface area contributed by atoms with Gasteiger partial charge in [0.15, 0.2) is 0 Å². The molecule has 36 heavy (non-hydrogen) atoms. The van der Waals surface area contributed by atoms with Crippen LogP contribution in [0.25, 0.3) is 22.3 Å². The normalized spacial score (nSPS) is 14.8. The van der Waals surface area contributed by atoms with Gasteiger partial charge in [-0.25, -0.2) is 9.97 Å². The SMILES string of the molecule is O=C(O)CCCCc1nc2cc(C(=O)NC3CCSc4ccccc43)ccc2nc1-c1ccccc1. The Hall–Kier alpha value is -3.71. The zero-order chi connectivity index (χ0) is 24.9. The topological polar surface area (TPSA) is 92.2 Å². The van der Waals surface area contributed by atoms with Crippen molar-refractivity contribution in [1.82, 2.24) is 15.3 Å². The molecule has 0 saturated heterocycles. The van der Waals surface area contributed by atoms with Gasteiger partial charge in [-0.15, -0.1) is 11.8 Å². The van der Waals surface area contributed by atoms with Gasteiger partial charge in [-0.1, -0.05) is 48.5 Å². The molecule has 182 valence electrons. The molecule has 2 heterocycles. The predicted octanol–water partition coefficient (Wildman–Crippen LogP) is 6.06. The quantitative estimate of drug-likeness (QED) is 0.288. The predicted molar refractivity (Wildman–Crippen MR) is 142 cm³/mol. The summed E-state index contributed by atoms with van der Waals surface area (Å²) in [5.74, 6) is 0.0526. The Kier molecular flexibility index (Phi) is 7.28. The summed E-state index contributed by atoms with van der Waals surface area (Å²) in [6.45, 7) is 0. The summed E-state index contributed by atoms with van der Waals surface area (Å²) >= 11 is 1.83. The zero-order valence-electron chi connectivity index (χ0n) is 19.8. The third kappa shape index (κ3) is 5.41. The van der Waals surface area contributed by atoms with E-state index in [0.717, 1.165) is 34.6 Å². The molecule has 1 unspecified atom stereocenters. The summed E-state index contributed by atoms with van der Waals surface area (Å²) in [5.41, 5.74) is 5.68. The molecule has 2 N–H and O–H groups in total. The van der Waals surface area contributed by atoms with E-state index >= 15 is 0 Å². The summed E-state index contributed by atoms with van der Waals surface area (Å²) in [4.78, 5) is 35.1. The van der Waals surface area contributed by atoms with Crippen molar-refractivity contribution in [2.45, 2.75) is 43.0 Å². The van der Waals surface area contributed by atoms with E-state index in [1.165, 1.54) is 10.5 Å². The Morgan fingerprint density at radius 1 is 0.944 bits per heavy atom. The van der Waals surface area contributed by atoms with Crippen LogP contribution in [0.5, 0.6) is 0 Å². The van der Waals surface area contributed by atoms with E-state index in [1.807, 2.05) is 60.3 Å². The number of carboxylic acids is 1. The second-order valence-corrected chi connectivity index (χ2v) is 10.0. The lowest BCUT2D eigenvalue weighted by Gasteiger charge is -2.26.